The molecule has 0 spiro atoms. The molecule has 1 aromatic heterocycles. The summed E-state index contributed by atoms with van der Waals surface area (Å²) in [5.74, 6) is -0.730. The van der Waals surface area contributed by atoms with Crippen molar-refractivity contribution in [1.29, 1.82) is 0 Å². The van der Waals surface area contributed by atoms with Gasteiger partial charge in [-0.05, 0) is 25.1 Å². The molecule has 4 nitrogen and oxygen atoms in total. The van der Waals surface area contributed by atoms with Crippen molar-refractivity contribution < 1.29 is 19.4 Å². The van der Waals surface area contributed by atoms with E-state index in [0.717, 1.165) is 0 Å². The number of benzene rings is 1. The van der Waals surface area contributed by atoms with Crippen LogP contribution < -0.4 is 0 Å². The van der Waals surface area contributed by atoms with Crippen LogP contribution in [-0.2, 0) is 0 Å². The topological polar surface area (TPSA) is 70.7 Å². The van der Waals surface area contributed by atoms with Crippen molar-refractivity contribution in [2.75, 3.05) is 0 Å². The highest BCUT2D eigenvalue weighted by molar-refractivity contribution is 5.96. The summed E-state index contributed by atoms with van der Waals surface area (Å²) in [4.78, 5) is 10.7. The van der Waals surface area contributed by atoms with E-state index in [2.05, 4.69) is 0 Å². The summed E-state index contributed by atoms with van der Waals surface area (Å²) >= 11 is 0. The van der Waals surface area contributed by atoms with E-state index >= 15 is 0 Å². The maximum Gasteiger partial charge on any atom is 0.339 e. The fraction of sp³-hybridized carbons (Fsp3) is 0.100. The highest BCUT2D eigenvalue weighted by Gasteiger charge is 2.12. The second-order valence-electron chi connectivity index (χ2n) is 3.07. The standard InChI is InChI=1S/C10H8O4/c1-5-2-6-3-8(11)7(10(12)13)4-9(6)14-5/h2-4,11H,1H3,(H,12,13). The number of carboxylic acid groups (broad SMARTS) is 1. The molecule has 0 aliphatic heterocycles. The lowest BCUT2D eigenvalue weighted by Crippen LogP contribution is -1.95. The molecule has 1 aromatic carbocycles. The molecule has 0 saturated carbocycles. The number of rotatable bonds is 1. The molecular formula is C10H8O4. The van der Waals surface area contributed by atoms with Gasteiger partial charge in [-0.25, -0.2) is 4.79 Å². The van der Waals surface area contributed by atoms with Crippen LogP contribution in [0.15, 0.2) is 22.6 Å². The van der Waals surface area contributed by atoms with Gasteiger partial charge in [0.1, 0.15) is 22.7 Å². The van der Waals surface area contributed by atoms with Gasteiger partial charge in [0.05, 0.1) is 0 Å². The van der Waals surface area contributed by atoms with Crippen molar-refractivity contribution in [3.8, 4) is 5.75 Å². The number of aryl methyl sites for hydroxylation is 1. The van der Waals surface area contributed by atoms with Gasteiger partial charge in [-0.1, -0.05) is 0 Å². The molecule has 0 radical (unpaired) electrons. The van der Waals surface area contributed by atoms with E-state index in [0.29, 0.717) is 16.7 Å². The van der Waals surface area contributed by atoms with Gasteiger partial charge >= 0.3 is 5.97 Å². The number of aromatic hydroxyl groups is 1. The lowest BCUT2D eigenvalue weighted by molar-refractivity contribution is 0.0694. The second kappa shape index (κ2) is 2.77. The minimum absolute atomic E-state index is 0.146. The molecular weight excluding hydrogens is 184 g/mol. The predicted molar refractivity (Wildman–Crippen MR) is 49.6 cm³/mol. The zero-order chi connectivity index (χ0) is 10.3. The van der Waals surface area contributed by atoms with Crippen LogP contribution in [0.4, 0.5) is 0 Å². The normalized spacial score (nSPS) is 10.6. The van der Waals surface area contributed by atoms with Crippen molar-refractivity contribution in [2.45, 2.75) is 6.92 Å². The molecule has 0 aliphatic rings. The van der Waals surface area contributed by atoms with Gasteiger partial charge in [0.15, 0.2) is 0 Å². The van der Waals surface area contributed by atoms with E-state index < -0.39 is 5.97 Å². The number of carboxylic acids is 1. The Morgan fingerprint density at radius 3 is 2.71 bits per heavy atom. The average molecular weight is 192 g/mol. The minimum Gasteiger partial charge on any atom is -0.507 e. The van der Waals surface area contributed by atoms with E-state index in [9.17, 15) is 9.90 Å². The van der Waals surface area contributed by atoms with E-state index in [1.165, 1.54) is 12.1 Å². The number of phenols is 1. The molecule has 2 N–H and O–H groups in total. The maximum absolute atomic E-state index is 10.7. The highest BCUT2D eigenvalue weighted by Crippen LogP contribution is 2.27. The summed E-state index contributed by atoms with van der Waals surface area (Å²) in [6, 6.07) is 4.44. The number of hydrogen-bond acceptors (Lipinski definition) is 3. The Morgan fingerprint density at radius 1 is 1.36 bits per heavy atom. The third-order valence-electron chi connectivity index (χ3n) is 1.99. The quantitative estimate of drug-likeness (QED) is 0.726. The molecule has 72 valence electrons. The summed E-state index contributed by atoms with van der Waals surface area (Å²) < 4.78 is 5.24. The van der Waals surface area contributed by atoms with Crippen molar-refractivity contribution in [3.63, 3.8) is 0 Å². The van der Waals surface area contributed by atoms with Crippen molar-refractivity contribution in [3.05, 3.63) is 29.5 Å². The first kappa shape index (κ1) is 8.62. The Morgan fingerprint density at radius 2 is 2.07 bits per heavy atom. The van der Waals surface area contributed by atoms with E-state index in [1.54, 1.807) is 13.0 Å². The summed E-state index contributed by atoms with van der Waals surface area (Å²) in [5.41, 5.74) is 0.324. The summed E-state index contributed by atoms with van der Waals surface area (Å²) in [5, 5.41) is 18.8. The summed E-state index contributed by atoms with van der Waals surface area (Å²) in [6.45, 7) is 1.76. The second-order valence-corrected chi connectivity index (χ2v) is 3.07. The molecule has 0 atom stereocenters. The van der Waals surface area contributed by atoms with Crippen LogP contribution in [0, 0.1) is 6.92 Å². The first-order valence-corrected chi connectivity index (χ1v) is 4.04. The summed E-state index contributed by atoms with van der Waals surface area (Å²) in [7, 11) is 0. The Balaban J connectivity index is 2.76. The van der Waals surface area contributed by atoms with E-state index in [1.807, 2.05) is 0 Å². The molecule has 0 bridgehead atoms. The Hall–Kier alpha value is -1.97. The molecule has 0 unspecified atom stereocenters. The molecule has 2 aromatic rings. The molecule has 1 heterocycles. The lowest BCUT2D eigenvalue weighted by Gasteiger charge is -1.97. The number of carbonyl (C=O) groups is 1. The Labute approximate surface area is 79.4 Å². The first-order valence-electron chi connectivity index (χ1n) is 4.04. The molecule has 14 heavy (non-hydrogen) atoms. The average Bonchev–Trinajstić information content (AvgIpc) is 2.42. The lowest BCUT2D eigenvalue weighted by atomic mass is 10.1. The van der Waals surface area contributed by atoms with Crippen LogP contribution >= 0.6 is 0 Å². The first-order chi connectivity index (χ1) is 6.58. The predicted octanol–water partition coefficient (Wildman–Crippen LogP) is 2.15. The van der Waals surface area contributed by atoms with Crippen LogP contribution in [0.5, 0.6) is 5.75 Å². The molecule has 2 rings (SSSR count). The van der Waals surface area contributed by atoms with Gasteiger partial charge in [-0.2, -0.15) is 0 Å². The Kier molecular flexibility index (Phi) is 1.70. The van der Waals surface area contributed by atoms with Crippen LogP contribution in [0.3, 0.4) is 0 Å². The zero-order valence-corrected chi connectivity index (χ0v) is 7.44. The third-order valence-corrected chi connectivity index (χ3v) is 1.99. The fourth-order valence-electron chi connectivity index (χ4n) is 1.38. The van der Waals surface area contributed by atoms with Crippen LogP contribution in [-0.4, -0.2) is 16.2 Å². The van der Waals surface area contributed by atoms with Crippen LogP contribution in [0.1, 0.15) is 16.1 Å². The highest BCUT2D eigenvalue weighted by atomic mass is 16.4. The van der Waals surface area contributed by atoms with Gasteiger partial charge in [-0.15, -0.1) is 0 Å². The molecule has 0 aliphatic carbocycles. The van der Waals surface area contributed by atoms with Gasteiger partial charge in [-0.3, -0.25) is 0 Å². The molecule has 4 heteroatoms. The van der Waals surface area contributed by atoms with Gasteiger partial charge in [0, 0.05) is 5.39 Å². The Bertz CT molecular complexity index is 510. The number of aromatic carboxylic acids is 1. The summed E-state index contributed by atoms with van der Waals surface area (Å²) in [6.07, 6.45) is 0. The van der Waals surface area contributed by atoms with E-state index in [4.69, 9.17) is 9.52 Å². The largest absolute Gasteiger partial charge is 0.507 e. The number of fused-ring (bicyclic) bond motifs is 1. The molecule has 0 saturated heterocycles. The SMILES string of the molecule is Cc1cc2cc(O)c(C(=O)O)cc2o1. The van der Waals surface area contributed by atoms with Crippen LogP contribution in [0.25, 0.3) is 11.0 Å². The van der Waals surface area contributed by atoms with Crippen LogP contribution in [0.2, 0.25) is 0 Å². The van der Waals surface area contributed by atoms with Crippen molar-refractivity contribution in [1.82, 2.24) is 0 Å². The fourth-order valence-corrected chi connectivity index (χ4v) is 1.38. The van der Waals surface area contributed by atoms with Gasteiger partial charge < -0.3 is 14.6 Å². The van der Waals surface area contributed by atoms with Crippen molar-refractivity contribution in [2.24, 2.45) is 0 Å². The number of hydrogen-bond donors (Lipinski definition) is 2. The maximum atomic E-state index is 10.7. The van der Waals surface area contributed by atoms with Gasteiger partial charge in [0.25, 0.3) is 0 Å². The molecule has 0 amide bonds. The van der Waals surface area contributed by atoms with Gasteiger partial charge in [0.2, 0.25) is 0 Å². The smallest absolute Gasteiger partial charge is 0.339 e. The minimum atomic E-state index is -1.17. The monoisotopic (exact) mass is 192 g/mol. The number of furan rings is 1. The van der Waals surface area contributed by atoms with E-state index in [-0.39, 0.29) is 11.3 Å². The van der Waals surface area contributed by atoms with Crippen molar-refractivity contribution >= 4 is 16.9 Å². The molecule has 0 fully saturated rings. The third kappa shape index (κ3) is 1.21. The zero-order valence-electron chi connectivity index (χ0n) is 7.44.